The van der Waals surface area contributed by atoms with E-state index in [9.17, 15) is 0 Å². The molecule has 0 aliphatic heterocycles. The van der Waals surface area contributed by atoms with Gasteiger partial charge in [0.05, 0.1) is 33.0 Å². The average Bonchev–Trinajstić information content (AvgIpc) is 2.39. The Labute approximate surface area is 116 Å². The van der Waals surface area contributed by atoms with Gasteiger partial charge in [-0.25, -0.2) is 0 Å². The standard InChI is InChI=1S/C13H29NO3S/c1-3-4-7-15-9-11-17-12-10-16-8-5-14-6-13-18-2/h14H,3-13H2,1-2H3. The molecular weight excluding hydrogens is 250 g/mol. The Morgan fingerprint density at radius 2 is 1.44 bits per heavy atom. The molecule has 0 aliphatic rings. The maximum Gasteiger partial charge on any atom is 0.0701 e. The summed E-state index contributed by atoms with van der Waals surface area (Å²) in [5.41, 5.74) is 0. The molecule has 0 saturated carbocycles. The summed E-state index contributed by atoms with van der Waals surface area (Å²) in [6, 6.07) is 0. The normalized spacial score (nSPS) is 11.0. The Hall–Kier alpha value is 0.190. The molecule has 0 aliphatic carbocycles. The summed E-state index contributed by atoms with van der Waals surface area (Å²) in [5.74, 6) is 1.15. The molecule has 0 amide bonds. The molecule has 0 spiro atoms. The minimum absolute atomic E-state index is 0.655. The van der Waals surface area contributed by atoms with Crippen molar-refractivity contribution in [3.8, 4) is 0 Å². The zero-order valence-corrected chi connectivity index (χ0v) is 12.7. The van der Waals surface area contributed by atoms with E-state index in [2.05, 4.69) is 18.5 Å². The molecule has 0 aromatic rings. The van der Waals surface area contributed by atoms with E-state index in [-0.39, 0.29) is 0 Å². The van der Waals surface area contributed by atoms with Crippen LogP contribution in [0.25, 0.3) is 0 Å². The molecule has 5 heteroatoms. The molecule has 18 heavy (non-hydrogen) atoms. The minimum Gasteiger partial charge on any atom is -0.379 e. The van der Waals surface area contributed by atoms with Gasteiger partial charge in [-0.2, -0.15) is 11.8 Å². The molecule has 0 fully saturated rings. The number of rotatable bonds is 15. The highest BCUT2D eigenvalue weighted by atomic mass is 32.2. The first kappa shape index (κ1) is 18.2. The van der Waals surface area contributed by atoms with Crippen LogP contribution in [0.5, 0.6) is 0 Å². The smallest absolute Gasteiger partial charge is 0.0701 e. The Morgan fingerprint density at radius 3 is 2.06 bits per heavy atom. The van der Waals surface area contributed by atoms with Gasteiger partial charge in [0.15, 0.2) is 0 Å². The van der Waals surface area contributed by atoms with Gasteiger partial charge in [-0.3, -0.25) is 0 Å². The lowest BCUT2D eigenvalue weighted by atomic mass is 10.4. The number of hydrogen-bond donors (Lipinski definition) is 1. The van der Waals surface area contributed by atoms with Crippen LogP contribution in [-0.4, -0.2) is 64.7 Å². The average molecular weight is 279 g/mol. The highest BCUT2D eigenvalue weighted by Gasteiger charge is 1.92. The fraction of sp³-hybridized carbons (Fsp3) is 1.00. The van der Waals surface area contributed by atoms with E-state index in [0.29, 0.717) is 26.4 Å². The van der Waals surface area contributed by atoms with Gasteiger partial charge in [0, 0.05) is 25.4 Å². The van der Waals surface area contributed by atoms with Crippen molar-refractivity contribution >= 4 is 11.8 Å². The molecule has 1 N–H and O–H groups in total. The lowest BCUT2D eigenvalue weighted by molar-refractivity contribution is 0.0147. The molecule has 0 heterocycles. The van der Waals surface area contributed by atoms with Crippen LogP contribution in [0.2, 0.25) is 0 Å². The Bertz CT molecular complexity index is 134. The van der Waals surface area contributed by atoms with Crippen LogP contribution >= 0.6 is 11.8 Å². The second-order valence-electron chi connectivity index (χ2n) is 3.93. The van der Waals surface area contributed by atoms with Gasteiger partial charge < -0.3 is 19.5 Å². The van der Waals surface area contributed by atoms with E-state index >= 15 is 0 Å². The predicted octanol–water partition coefficient (Wildman–Crippen LogP) is 1.79. The highest BCUT2D eigenvalue weighted by molar-refractivity contribution is 7.98. The SMILES string of the molecule is CCCCOCCOCCOCCNCCSC. The fourth-order valence-electron chi connectivity index (χ4n) is 1.23. The van der Waals surface area contributed by atoms with Gasteiger partial charge in [0.2, 0.25) is 0 Å². The van der Waals surface area contributed by atoms with Crippen molar-refractivity contribution in [2.45, 2.75) is 19.8 Å². The Morgan fingerprint density at radius 1 is 0.833 bits per heavy atom. The van der Waals surface area contributed by atoms with Crippen LogP contribution in [0.4, 0.5) is 0 Å². The van der Waals surface area contributed by atoms with Crippen molar-refractivity contribution in [3.05, 3.63) is 0 Å². The Balaban J connectivity index is 2.86. The van der Waals surface area contributed by atoms with Gasteiger partial charge in [0.25, 0.3) is 0 Å². The maximum absolute atomic E-state index is 5.42. The van der Waals surface area contributed by atoms with E-state index in [4.69, 9.17) is 14.2 Å². The second-order valence-corrected chi connectivity index (χ2v) is 4.92. The number of thioether (sulfide) groups is 1. The van der Waals surface area contributed by atoms with Crippen molar-refractivity contribution in [3.63, 3.8) is 0 Å². The van der Waals surface area contributed by atoms with Crippen molar-refractivity contribution in [2.75, 3.05) is 64.7 Å². The molecule has 0 rings (SSSR count). The van der Waals surface area contributed by atoms with Crippen LogP contribution in [-0.2, 0) is 14.2 Å². The number of ether oxygens (including phenoxy) is 3. The first-order valence-corrected chi connectivity index (χ1v) is 8.24. The quantitative estimate of drug-likeness (QED) is 0.463. The maximum atomic E-state index is 5.42. The summed E-state index contributed by atoms with van der Waals surface area (Å²) in [6.07, 6.45) is 4.42. The van der Waals surface area contributed by atoms with E-state index < -0.39 is 0 Å². The number of nitrogens with one attached hydrogen (secondary N) is 1. The van der Waals surface area contributed by atoms with Gasteiger partial charge in [-0.05, 0) is 12.7 Å². The lowest BCUT2D eigenvalue weighted by Crippen LogP contribution is -2.23. The molecule has 0 saturated heterocycles. The molecule has 110 valence electrons. The molecule has 0 bridgehead atoms. The molecule has 0 aromatic carbocycles. The van der Waals surface area contributed by atoms with E-state index in [1.54, 1.807) is 0 Å². The number of hydrogen-bond acceptors (Lipinski definition) is 5. The molecule has 0 aromatic heterocycles. The van der Waals surface area contributed by atoms with Gasteiger partial charge >= 0.3 is 0 Å². The molecule has 0 atom stereocenters. The van der Waals surface area contributed by atoms with Crippen LogP contribution < -0.4 is 5.32 Å². The lowest BCUT2D eigenvalue weighted by Gasteiger charge is -2.07. The van der Waals surface area contributed by atoms with Gasteiger partial charge in [0.1, 0.15) is 0 Å². The van der Waals surface area contributed by atoms with Crippen molar-refractivity contribution in [2.24, 2.45) is 0 Å². The van der Waals surface area contributed by atoms with Crippen molar-refractivity contribution in [1.29, 1.82) is 0 Å². The van der Waals surface area contributed by atoms with Gasteiger partial charge in [-0.1, -0.05) is 13.3 Å². The first-order valence-electron chi connectivity index (χ1n) is 6.84. The van der Waals surface area contributed by atoms with Crippen LogP contribution in [0.3, 0.4) is 0 Å². The molecular formula is C13H29NO3S. The largest absolute Gasteiger partial charge is 0.379 e. The van der Waals surface area contributed by atoms with Crippen LogP contribution in [0.1, 0.15) is 19.8 Å². The Kier molecular flexibility index (Phi) is 17.4. The summed E-state index contributed by atoms with van der Waals surface area (Å²) in [7, 11) is 0. The second kappa shape index (κ2) is 17.2. The van der Waals surface area contributed by atoms with Gasteiger partial charge in [-0.15, -0.1) is 0 Å². The van der Waals surface area contributed by atoms with Crippen LogP contribution in [0.15, 0.2) is 0 Å². The van der Waals surface area contributed by atoms with Crippen LogP contribution in [0, 0.1) is 0 Å². The fourth-order valence-corrected chi connectivity index (χ4v) is 1.58. The highest BCUT2D eigenvalue weighted by Crippen LogP contribution is 1.88. The zero-order chi connectivity index (χ0) is 13.3. The number of unbranched alkanes of at least 4 members (excludes halogenated alkanes) is 1. The first-order chi connectivity index (χ1) is 8.91. The third-order valence-corrected chi connectivity index (χ3v) is 2.90. The third-order valence-electron chi connectivity index (χ3n) is 2.29. The summed E-state index contributed by atoms with van der Waals surface area (Å²) in [5, 5.41) is 3.31. The van der Waals surface area contributed by atoms with E-state index in [1.165, 1.54) is 6.42 Å². The summed E-state index contributed by atoms with van der Waals surface area (Å²) >= 11 is 1.85. The van der Waals surface area contributed by atoms with E-state index in [1.807, 2.05) is 11.8 Å². The minimum atomic E-state index is 0.655. The van der Waals surface area contributed by atoms with Crippen molar-refractivity contribution < 1.29 is 14.2 Å². The van der Waals surface area contributed by atoms with E-state index in [0.717, 1.165) is 38.5 Å². The third kappa shape index (κ3) is 16.2. The molecule has 4 nitrogen and oxygen atoms in total. The summed E-state index contributed by atoms with van der Waals surface area (Å²) in [4.78, 5) is 0. The predicted molar refractivity (Wildman–Crippen MR) is 78.6 cm³/mol. The monoisotopic (exact) mass is 279 g/mol. The molecule has 0 radical (unpaired) electrons. The topological polar surface area (TPSA) is 39.7 Å². The zero-order valence-electron chi connectivity index (χ0n) is 11.9. The summed E-state index contributed by atoms with van der Waals surface area (Å²) < 4.78 is 16.2. The molecule has 0 unspecified atom stereocenters. The summed E-state index contributed by atoms with van der Waals surface area (Å²) in [6.45, 7) is 8.41. The van der Waals surface area contributed by atoms with Crippen molar-refractivity contribution in [1.82, 2.24) is 5.32 Å².